The number of methoxy groups -OCH3 is 1. The lowest BCUT2D eigenvalue weighted by Crippen LogP contribution is -2.14. The Balaban J connectivity index is 3.01. The Bertz CT molecular complexity index is 349. The minimum Gasteiger partial charge on any atom is -0.467 e. The monoisotopic (exact) mass is 198 g/mol. The fourth-order valence-electron chi connectivity index (χ4n) is 1.18. The van der Waals surface area contributed by atoms with Crippen molar-refractivity contribution in [2.75, 3.05) is 7.11 Å². The SMILES string of the molecule is COC(=O)[C@@H](O)c1ccc(F)cc1C. The van der Waals surface area contributed by atoms with Gasteiger partial charge in [0, 0.05) is 0 Å². The summed E-state index contributed by atoms with van der Waals surface area (Å²) in [5.41, 5.74) is 0.876. The second kappa shape index (κ2) is 4.19. The van der Waals surface area contributed by atoms with Crippen LogP contribution in [0.3, 0.4) is 0 Å². The molecule has 1 atom stereocenters. The Kier molecular flexibility index (Phi) is 3.19. The quantitative estimate of drug-likeness (QED) is 0.729. The van der Waals surface area contributed by atoms with Gasteiger partial charge in [0.1, 0.15) is 5.82 Å². The van der Waals surface area contributed by atoms with Crippen LogP contribution in [0.1, 0.15) is 17.2 Å². The average molecular weight is 198 g/mol. The molecule has 1 aromatic rings. The van der Waals surface area contributed by atoms with E-state index in [2.05, 4.69) is 4.74 Å². The maximum absolute atomic E-state index is 12.7. The Morgan fingerprint density at radius 2 is 2.21 bits per heavy atom. The molecule has 0 amide bonds. The molecule has 0 aromatic heterocycles. The number of halogens is 1. The third kappa shape index (κ3) is 2.09. The van der Waals surface area contributed by atoms with E-state index < -0.39 is 17.9 Å². The zero-order valence-corrected chi connectivity index (χ0v) is 7.95. The molecule has 0 fully saturated rings. The van der Waals surface area contributed by atoms with E-state index >= 15 is 0 Å². The molecule has 0 spiro atoms. The number of ether oxygens (including phenoxy) is 1. The molecule has 76 valence electrons. The van der Waals surface area contributed by atoms with Crippen LogP contribution in [0.15, 0.2) is 18.2 Å². The summed E-state index contributed by atoms with van der Waals surface area (Å²) in [6, 6.07) is 3.81. The largest absolute Gasteiger partial charge is 0.467 e. The number of carbonyl (C=O) groups is 1. The number of rotatable bonds is 2. The zero-order valence-electron chi connectivity index (χ0n) is 7.95. The topological polar surface area (TPSA) is 46.5 Å². The van der Waals surface area contributed by atoms with Crippen molar-refractivity contribution in [3.63, 3.8) is 0 Å². The van der Waals surface area contributed by atoms with E-state index in [0.29, 0.717) is 11.1 Å². The van der Waals surface area contributed by atoms with Crippen molar-refractivity contribution >= 4 is 5.97 Å². The fraction of sp³-hybridized carbons (Fsp3) is 0.300. The molecular formula is C10H11FO3. The number of hydrogen-bond acceptors (Lipinski definition) is 3. The molecule has 1 aromatic carbocycles. The van der Waals surface area contributed by atoms with Gasteiger partial charge in [0.15, 0.2) is 6.10 Å². The Hall–Kier alpha value is -1.42. The highest BCUT2D eigenvalue weighted by Crippen LogP contribution is 2.19. The normalized spacial score (nSPS) is 12.3. The van der Waals surface area contributed by atoms with Crippen molar-refractivity contribution in [3.05, 3.63) is 35.1 Å². The molecule has 4 heteroatoms. The van der Waals surface area contributed by atoms with Crippen molar-refractivity contribution in [1.82, 2.24) is 0 Å². The molecule has 0 radical (unpaired) electrons. The molecule has 0 heterocycles. The standard InChI is InChI=1S/C10H11FO3/c1-6-5-7(11)3-4-8(6)9(12)10(13)14-2/h3-5,9,12H,1-2H3/t9-/m0/s1. The highest BCUT2D eigenvalue weighted by molar-refractivity contribution is 5.76. The van der Waals surface area contributed by atoms with Crippen LogP contribution < -0.4 is 0 Å². The van der Waals surface area contributed by atoms with Gasteiger partial charge in [-0.3, -0.25) is 0 Å². The van der Waals surface area contributed by atoms with Crippen molar-refractivity contribution in [1.29, 1.82) is 0 Å². The summed E-state index contributed by atoms with van der Waals surface area (Å²) in [4.78, 5) is 11.0. The predicted molar refractivity (Wildman–Crippen MR) is 48.1 cm³/mol. The van der Waals surface area contributed by atoms with E-state index in [9.17, 15) is 14.3 Å². The number of hydrogen-bond donors (Lipinski definition) is 1. The van der Waals surface area contributed by atoms with Crippen LogP contribution in [0, 0.1) is 12.7 Å². The summed E-state index contributed by atoms with van der Waals surface area (Å²) in [6.07, 6.45) is -1.35. The van der Waals surface area contributed by atoms with Crippen LogP contribution in [0.5, 0.6) is 0 Å². The molecule has 0 aliphatic heterocycles. The summed E-state index contributed by atoms with van der Waals surface area (Å²) in [5, 5.41) is 9.46. The van der Waals surface area contributed by atoms with Crippen LogP contribution in [0.2, 0.25) is 0 Å². The maximum atomic E-state index is 12.7. The van der Waals surface area contributed by atoms with Gasteiger partial charge in [-0.2, -0.15) is 0 Å². The minimum absolute atomic E-state index is 0.359. The summed E-state index contributed by atoms with van der Waals surface area (Å²) >= 11 is 0. The van der Waals surface area contributed by atoms with Crippen LogP contribution in [-0.2, 0) is 9.53 Å². The van der Waals surface area contributed by atoms with E-state index in [4.69, 9.17) is 0 Å². The first kappa shape index (κ1) is 10.7. The second-order valence-electron chi connectivity index (χ2n) is 2.93. The molecule has 0 unspecified atom stereocenters. The highest BCUT2D eigenvalue weighted by atomic mass is 19.1. The van der Waals surface area contributed by atoms with Gasteiger partial charge in [-0.1, -0.05) is 6.07 Å². The van der Waals surface area contributed by atoms with Gasteiger partial charge in [-0.15, -0.1) is 0 Å². The summed E-state index contributed by atoms with van der Waals surface area (Å²) < 4.78 is 17.1. The van der Waals surface area contributed by atoms with Gasteiger partial charge in [0.2, 0.25) is 0 Å². The molecule has 0 saturated heterocycles. The number of esters is 1. The van der Waals surface area contributed by atoms with Gasteiger partial charge in [-0.05, 0) is 30.2 Å². The Morgan fingerprint density at radius 3 is 2.71 bits per heavy atom. The Labute approximate surface area is 81.1 Å². The van der Waals surface area contributed by atoms with Crippen LogP contribution in [0.25, 0.3) is 0 Å². The number of aliphatic hydroxyl groups is 1. The van der Waals surface area contributed by atoms with E-state index in [1.54, 1.807) is 6.92 Å². The van der Waals surface area contributed by atoms with Crippen molar-refractivity contribution < 1.29 is 19.0 Å². The number of aryl methyl sites for hydroxylation is 1. The van der Waals surface area contributed by atoms with E-state index in [-0.39, 0.29) is 0 Å². The zero-order chi connectivity index (χ0) is 10.7. The number of aliphatic hydroxyl groups excluding tert-OH is 1. The first-order valence-electron chi connectivity index (χ1n) is 4.08. The van der Waals surface area contributed by atoms with Gasteiger partial charge >= 0.3 is 5.97 Å². The van der Waals surface area contributed by atoms with Crippen LogP contribution in [-0.4, -0.2) is 18.2 Å². The minimum atomic E-state index is -1.35. The Morgan fingerprint density at radius 1 is 1.57 bits per heavy atom. The molecule has 1 N–H and O–H groups in total. The van der Waals surface area contributed by atoms with Crippen LogP contribution in [0.4, 0.5) is 4.39 Å². The third-order valence-corrected chi connectivity index (χ3v) is 1.95. The van der Waals surface area contributed by atoms with Gasteiger partial charge in [-0.25, -0.2) is 9.18 Å². The predicted octanol–water partition coefficient (Wildman–Crippen LogP) is 1.34. The molecule has 1 rings (SSSR count). The van der Waals surface area contributed by atoms with Crippen molar-refractivity contribution in [3.8, 4) is 0 Å². The molecule has 0 aliphatic rings. The van der Waals surface area contributed by atoms with Gasteiger partial charge < -0.3 is 9.84 Å². The molecule has 0 saturated carbocycles. The maximum Gasteiger partial charge on any atom is 0.339 e. The van der Waals surface area contributed by atoms with Crippen molar-refractivity contribution in [2.45, 2.75) is 13.0 Å². The van der Waals surface area contributed by atoms with Crippen molar-refractivity contribution in [2.24, 2.45) is 0 Å². The second-order valence-corrected chi connectivity index (χ2v) is 2.93. The van der Waals surface area contributed by atoms with Gasteiger partial charge in [0.25, 0.3) is 0 Å². The van der Waals surface area contributed by atoms with E-state index in [0.717, 1.165) is 0 Å². The summed E-state index contributed by atoms with van der Waals surface area (Å²) in [5.74, 6) is -1.15. The molecule has 3 nitrogen and oxygen atoms in total. The fourth-order valence-corrected chi connectivity index (χ4v) is 1.18. The first-order valence-corrected chi connectivity index (χ1v) is 4.08. The lowest BCUT2D eigenvalue weighted by Gasteiger charge is -2.11. The molecular weight excluding hydrogens is 187 g/mol. The average Bonchev–Trinajstić information content (AvgIpc) is 2.15. The van der Waals surface area contributed by atoms with E-state index in [1.807, 2.05) is 0 Å². The number of carbonyl (C=O) groups excluding carboxylic acids is 1. The highest BCUT2D eigenvalue weighted by Gasteiger charge is 2.19. The van der Waals surface area contributed by atoms with Gasteiger partial charge in [0.05, 0.1) is 7.11 Å². The van der Waals surface area contributed by atoms with E-state index in [1.165, 1.54) is 25.3 Å². The lowest BCUT2D eigenvalue weighted by molar-refractivity contribution is -0.150. The number of benzene rings is 1. The lowest BCUT2D eigenvalue weighted by atomic mass is 10.0. The smallest absolute Gasteiger partial charge is 0.339 e. The summed E-state index contributed by atoms with van der Waals surface area (Å²) in [7, 11) is 1.18. The third-order valence-electron chi connectivity index (χ3n) is 1.95. The van der Waals surface area contributed by atoms with Crippen LogP contribution >= 0.6 is 0 Å². The molecule has 0 aliphatic carbocycles. The first-order chi connectivity index (χ1) is 6.56. The molecule has 0 bridgehead atoms. The summed E-state index contributed by atoms with van der Waals surface area (Å²) in [6.45, 7) is 1.62. The molecule has 14 heavy (non-hydrogen) atoms.